The number of rotatable bonds is 9. The molecule has 0 bridgehead atoms. The van der Waals surface area contributed by atoms with Crippen molar-refractivity contribution in [2.45, 2.75) is 73.4 Å². The number of hydrogen-bond acceptors (Lipinski definition) is 4. The van der Waals surface area contributed by atoms with E-state index in [1.807, 2.05) is 45.2 Å². The van der Waals surface area contributed by atoms with Crippen LogP contribution in [0, 0.1) is 24.8 Å². The summed E-state index contributed by atoms with van der Waals surface area (Å²) in [5.74, 6) is 0.547. The molecule has 251 valence electrons. The summed E-state index contributed by atoms with van der Waals surface area (Å²) in [5.41, 5.74) is 6.12. The van der Waals surface area contributed by atoms with Gasteiger partial charge in [-0.05, 0) is 54.1 Å². The second kappa shape index (κ2) is 14.6. The molecule has 0 aliphatic rings. The zero-order valence-electron chi connectivity index (χ0n) is 29.0. The first-order valence-electron chi connectivity index (χ1n) is 17.0. The van der Waals surface area contributed by atoms with Crippen LogP contribution in [0.5, 0.6) is 0 Å². The van der Waals surface area contributed by atoms with Crippen molar-refractivity contribution in [1.82, 2.24) is 9.38 Å². The zero-order valence-corrected chi connectivity index (χ0v) is 33.2. The number of aliphatic hydroxyl groups is 1. The van der Waals surface area contributed by atoms with Crippen molar-refractivity contribution in [2.75, 3.05) is 0 Å². The van der Waals surface area contributed by atoms with Gasteiger partial charge >= 0.3 is 0 Å². The SMILES string of the molecule is CCC(CC)C(=O)/C=C(\O)C(CC)CC.Cc1[c-]c2c3nccc4sc([Si](C)(C)c5ccccc5)c(c43)n3c4ccccc4c(c1)c23.[Ir]. The molecular weight excluding hydrogens is 805 g/mol. The van der Waals surface area contributed by atoms with Gasteiger partial charge in [0.25, 0.3) is 0 Å². The fourth-order valence-corrected chi connectivity index (χ4v) is 11.9. The van der Waals surface area contributed by atoms with E-state index in [0.717, 1.165) is 42.1 Å². The Balaban J connectivity index is 0.000000243. The Labute approximate surface area is 302 Å². The van der Waals surface area contributed by atoms with Crippen molar-refractivity contribution in [3.05, 3.63) is 96.4 Å². The summed E-state index contributed by atoms with van der Waals surface area (Å²) in [6, 6.07) is 28.0. The number of thiophene rings is 1. The maximum Gasteiger partial charge on any atom is 0.162 e. The minimum Gasteiger partial charge on any atom is -0.512 e. The number of ketones is 1. The Morgan fingerprint density at radius 1 is 0.917 bits per heavy atom. The Bertz CT molecular complexity index is 2230. The smallest absolute Gasteiger partial charge is 0.162 e. The van der Waals surface area contributed by atoms with E-state index < -0.39 is 8.07 Å². The first-order valence-corrected chi connectivity index (χ1v) is 20.9. The Kier molecular flexibility index (Phi) is 11.0. The molecule has 4 aromatic heterocycles. The molecule has 1 N–H and O–H groups in total. The number of pyridine rings is 2. The average Bonchev–Trinajstić information content (AvgIpc) is 3.63. The molecule has 0 saturated heterocycles. The summed E-state index contributed by atoms with van der Waals surface area (Å²) in [5, 5.41) is 16.3. The first-order chi connectivity index (χ1) is 22.7. The second-order valence-electron chi connectivity index (χ2n) is 13.2. The van der Waals surface area contributed by atoms with E-state index in [1.165, 1.54) is 53.2 Å². The largest absolute Gasteiger partial charge is 0.512 e. The van der Waals surface area contributed by atoms with Gasteiger partial charge in [0, 0.05) is 70.0 Å². The molecule has 7 rings (SSSR count). The normalized spacial score (nSPS) is 12.5. The van der Waals surface area contributed by atoms with Gasteiger partial charge in [-0.15, -0.1) is 29.0 Å². The minimum absolute atomic E-state index is 0. The number of aromatic nitrogens is 2. The van der Waals surface area contributed by atoms with Gasteiger partial charge in [0.1, 0.15) is 8.07 Å². The minimum atomic E-state index is -1.94. The fraction of sp³-hybridized carbons (Fsp3) is 0.317. The van der Waals surface area contributed by atoms with Crippen LogP contribution in [0.15, 0.2) is 84.8 Å². The third kappa shape index (κ3) is 6.15. The van der Waals surface area contributed by atoms with Gasteiger partial charge in [-0.25, -0.2) is 0 Å². The molecule has 0 saturated carbocycles. The zero-order chi connectivity index (χ0) is 33.5. The molecule has 48 heavy (non-hydrogen) atoms. The van der Waals surface area contributed by atoms with E-state index in [-0.39, 0.29) is 43.5 Å². The molecule has 7 aromatic rings. The van der Waals surface area contributed by atoms with Crippen LogP contribution in [0.1, 0.15) is 58.9 Å². The number of nitrogens with zero attached hydrogens (tertiary/aromatic N) is 2. The van der Waals surface area contributed by atoms with Crippen molar-refractivity contribution < 1.29 is 30.0 Å². The van der Waals surface area contributed by atoms with Crippen LogP contribution in [0.4, 0.5) is 0 Å². The molecule has 0 unspecified atom stereocenters. The summed E-state index contributed by atoms with van der Waals surface area (Å²) in [4.78, 5) is 16.6. The van der Waals surface area contributed by atoms with E-state index in [4.69, 9.17) is 4.98 Å². The topological polar surface area (TPSA) is 54.6 Å². The van der Waals surface area contributed by atoms with E-state index in [9.17, 15) is 9.90 Å². The van der Waals surface area contributed by atoms with E-state index >= 15 is 0 Å². The van der Waals surface area contributed by atoms with Crippen LogP contribution in [0.3, 0.4) is 0 Å². The molecule has 0 atom stereocenters. The van der Waals surface area contributed by atoms with Crippen molar-refractivity contribution >= 4 is 83.2 Å². The van der Waals surface area contributed by atoms with Crippen molar-refractivity contribution in [2.24, 2.45) is 11.8 Å². The Hall–Kier alpha value is -3.35. The van der Waals surface area contributed by atoms with Crippen LogP contribution < -0.4 is 9.69 Å². The molecule has 0 aliphatic heterocycles. The molecule has 0 fully saturated rings. The number of aryl methyl sites for hydroxylation is 1. The maximum absolute atomic E-state index is 11.7. The van der Waals surface area contributed by atoms with Gasteiger partial charge in [0.15, 0.2) is 5.78 Å². The van der Waals surface area contributed by atoms with Gasteiger partial charge in [-0.3, -0.25) is 4.79 Å². The number of hydrogen-bond donors (Lipinski definition) is 1. The standard InChI is InChI=1S/C28H21N2SSi.C13H24O2.Ir/c1-17-15-20-19-11-7-8-12-22(19)30-26(20)21(16-17)25-24-23(13-14-29-25)31-28(27(24)30)32(2,3)18-9-5-4-6-10-18;1-5-10(6-2)12(14)9-13(15)11(7-3)8-4;/h4-15H,1-3H3;9-11,14H,5-8H2,1-4H3;/q-1;;/b;12-9-;. The van der Waals surface area contributed by atoms with Gasteiger partial charge in [-0.1, -0.05) is 112 Å². The number of carbonyl (C=O) groups excluding carboxylic acids is 1. The molecule has 0 amide bonds. The second-order valence-corrected chi connectivity index (χ2v) is 19.0. The molecule has 3 aromatic carbocycles. The van der Waals surface area contributed by atoms with E-state index in [1.54, 1.807) is 0 Å². The molecule has 0 aliphatic carbocycles. The van der Waals surface area contributed by atoms with E-state index in [2.05, 4.69) is 97.2 Å². The van der Waals surface area contributed by atoms with Gasteiger partial charge < -0.3 is 14.5 Å². The van der Waals surface area contributed by atoms with Gasteiger partial charge in [-0.2, -0.15) is 0 Å². The van der Waals surface area contributed by atoms with Gasteiger partial charge in [0.2, 0.25) is 0 Å². The van der Waals surface area contributed by atoms with Crippen LogP contribution in [-0.4, -0.2) is 28.3 Å². The third-order valence-electron chi connectivity index (χ3n) is 10.0. The summed E-state index contributed by atoms with van der Waals surface area (Å²) < 4.78 is 5.36. The number of allylic oxidation sites excluding steroid dienone is 2. The molecule has 1 radical (unpaired) electrons. The third-order valence-corrected chi connectivity index (χ3v) is 16.0. The molecule has 0 spiro atoms. The Morgan fingerprint density at radius 3 is 2.23 bits per heavy atom. The van der Waals surface area contributed by atoms with Crippen LogP contribution in [0.2, 0.25) is 13.1 Å². The van der Waals surface area contributed by atoms with Crippen molar-refractivity contribution in [3.63, 3.8) is 0 Å². The summed E-state index contributed by atoms with van der Waals surface area (Å²) >= 11 is 1.96. The predicted octanol–water partition coefficient (Wildman–Crippen LogP) is 10.2. The number of benzene rings is 3. The van der Waals surface area contributed by atoms with Gasteiger partial charge in [0.05, 0.1) is 5.76 Å². The predicted molar refractivity (Wildman–Crippen MR) is 205 cm³/mol. The summed E-state index contributed by atoms with van der Waals surface area (Å²) in [6.45, 7) is 15.2. The average molecular weight is 850 g/mol. The first kappa shape index (κ1) is 35.9. The number of para-hydroxylation sites is 1. The summed E-state index contributed by atoms with van der Waals surface area (Å²) in [7, 11) is -1.94. The quantitative estimate of drug-likeness (QED) is 0.0518. The molecule has 7 heteroatoms. The Morgan fingerprint density at radius 2 is 1.56 bits per heavy atom. The van der Waals surface area contributed by atoms with Crippen molar-refractivity contribution in [1.29, 1.82) is 0 Å². The van der Waals surface area contributed by atoms with Crippen LogP contribution in [-0.2, 0) is 24.9 Å². The monoisotopic (exact) mass is 850 g/mol. The number of fused-ring (bicyclic) bond motifs is 5. The number of aliphatic hydroxyl groups excluding tert-OH is 1. The maximum atomic E-state index is 11.7. The molecular formula is C41H45IrN2O2SSi-. The van der Waals surface area contributed by atoms with Crippen LogP contribution >= 0.6 is 11.3 Å². The van der Waals surface area contributed by atoms with Crippen molar-refractivity contribution in [3.8, 4) is 0 Å². The van der Waals surface area contributed by atoms with E-state index in [0.29, 0.717) is 0 Å². The number of carbonyl (C=O) groups is 1. The fourth-order valence-electron chi connectivity index (χ4n) is 7.19. The molecule has 4 heterocycles. The summed E-state index contributed by atoms with van der Waals surface area (Å²) in [6.07, 6.45) is 6.88. The molecule has 4 nitrogen and oxygen atoms in total. The van der Waals surface area contributed by atoms with Crippen LogP contribution in [0.25, 0.3) is 48.3 Å².